The summed E-state index contributed by atoms with van der Waals surface area (Å²) in [5.74, 6) is 1.11. The molecule has 0 unspecified atom stereocenters. The number of rotatable bonds is 9. The molecule has 2 aromatic carbocycles. The summed E-state index contributed by atoms with van der Waals surface area (Å²) in [4.78, 5) is 17.1. The molecule has 33 heavy (non-hydrogen) atoms. The van der Waals surface area contributed by atoms with Gasteiger partial charge < -0.3 is 20.3 Å². The highest BCUT2D eigenvalue weighted by Crippen LogP contribution is 2.27. The van der Waals surface area contributed by atoms with Crippen molar-refractivity contribution in [1.29, 1.82) is 0 Å². The molecular weight excluding hydrogens is 410 g/mol. The van der Waals surface area contributed by atoms with Crippen LogP contribution in [0.15, 0.2) is 66.2 Å². The van der Waals surface area contributed by atoms with Gasteiger partial charge in [0.25, 0.3) is 0 Å². The van der Waals surface area contributed by atoms with Crippen LogP contribution in [0.25, 0.3) is 0 Å². The van der Waals surface area contributed by atoms with Gasteiger partial charge in [0.2, 0.25) is 5.91 Å². The van der Waals surface area contributed by atoms with Crippen LogP contribution >= 0.6 is 0 Å². The fourth-order valence-electron chi connectivity index (χ4n) is 4.11. The first-order valence-corrected chi connectivity index (χ1v) is 12.1. The van der Waals surface area contributed by atoms with Gasteiger partial charge in [-0.15, -0.1) is 0 Å². The van der Waals surface area contributed by atoms with Crippen LogP contribution in [0.5, 0.6) is 5.75 Å². The Kier molecular flexibility index (Phi) is 8.95. The number of ether oxygens (including phenoxy) is 1. The number of carbonyl (C=O) groups excluding carboxylic acids is 1. The fraction of sp³-hybridized carbons (Fsp3) is 0.464. The van der Waals surface area contributed by atoms with Gasteiger partial charge in [0.05, 0.1) is 6.04 Å². The highest BCUT2D eigenvalue weighted by molar-refractivity contribution is 5.82. The number of hydrogen-bond acceptors (Lipinski definition) is 4. The summed E-state index contributed by atoms with van der Waals surface area (Å²) in [6.45, 7) is 11.2. The minimum absolute atomic E-state index is 0.0826. The maximum absolute atomic E-state index is 12.7. The number of nitrogens with zero attached hydrogens (tertiary/aromatic N) is 2. The maximum atomic E-state index is 12.7. The summed E-state index contributed by atoms with van der Waals surface area (Å²) >= 11 is 0. The third-order valence-electron chi connectivity index (χ3n) is 6.33. The lowest BCUT2D eigenvalue weighted by Gasteiger charge is -2.40. The molecule has 0 aliphatic carbocycles. The van der Waals surface area contributed by atoms with Crippen molar-refractivity contribution in [2.24, 2.45) is 11.7 Å². The first-order valence-electron chi connectivity index (χ1n) is 12.1. The summed E-state index contributed by atoms with van der Waals surface area (Å²) in [6.07, 6.45) is 4.16. The zero-order chi connectivity index (χ0) is 23.8. The van der Waals surface area contributed by atoms with Gasteiger partial charge in [0.1, 0.15) is 12.4 Å². The van der Waals surface area contributed by atoms with Gasteiger partial charge in [0.15, 0.2) is 0 Å². The van der Waals surface area contributed by atoms with Gasteiger partial charge >= 0.3 is 0 Å². The van der Waals surface area contributed by atoms with E-state index in [0.717, 1.165) is 43.8 Å². The van der Waals surface area contributed by atoms with E-state index in [0.29, 0.717) is 12.6 Å². The van der Waals surface area contributed by atoms with E-state index in [4.69, 9.17) is 10.5 Å². The topological polar surface area (TPSA) is 58.8 Å². The van der Waals surface area contributed by atoms with Crippen molar-refractivity contribution in [3.8, 4) is 5.75 Å². The number of hydrogen-bond donors (Lipinski definition) is 1. The summed E-state index contributed by atoms with van der Waals surface area (Å²) in [7, 11) is 0. The van der Waals surface area contributed by atoms with Crippen LogP contribution in [0.4, 0.5) is 5.69 Å². The second-order valence-electron chi connectivity index (χ2n) is 9.53. The molecule has 1 heterocycles. The lowest BCUT2D eigenvalue weighted by atomic mass is 9.99. The lowest BCUT2D eigenvalue weighted by molar-refractivity contribution is -0.134. The third-order valence-corrected chi connectivity index (χ3v) is 6.33. The van der Waals surface area contributed by atoms with Crippen LogP contribution < -0.4 is 15.4 Å². The monoisotopic (exact) mass is 449 g/mol. The van der Waals surface area contributed by atoms with Crippen molar-refractivity contribution in [3.05, 3.63) is 71.8 Å². The average molecular weight is 450 g/mol. The Balaban J connectivity index is 1.65. The molecule has 1 aliphatic rings. The van der Waals surface area contributed by atoms with Gasteiger partial charge in [-0.25, -0.2) is 0 Å². The predicted molar refractivity (Wildman–Crippen MR) is 136 cm³/mol. The number of anilines is 1. The third kappa shape index (κ3) is 7.10. The molecule has 1 amide bonds. The largest absolute Gasteiger partial charge is 0.489 e. The molecule has 5 heteroatoms. The molecule has 1 fully saturated rings. The molecule has 2 aromatic rings. The summed E-state index contributed by atoms with van der Waals surface area (Å²) in [6, 6.07) is 18.6. The van der Waals surface area contributed by atoms with E-state index in [1.54, 1.807) is 0 Å². The van der Waals surface area contributed by atoms with E-state index in [2.05, 4.69) is 49.1 Å². The van der Waals surface area contributed by atoms with Crippen LogP contribution in [-0.2, 0) is 11.4 Å². The molecule has 2 N–H and O–H groups in total. The Bertz CT molecular complexity index is 896. The quantitative estimate of drug-likeness (QED) is 0.547. The minimum atomic E-state index is -0.410. The summed E-state index contributed by atoms with van der Waals surface area (Å²) < 4.78 is 5.97. The fourth-order valence-corrected chi connectivity index (χ4v) is 4.11. The maximum Gasteiger partial charge on any atom is 0.239 e. The Labute approximate surface area is 199 Å². The van der Waals surface area contributed by atoms with Gasteiger partial charge in [-0.05, 0) is 62.4 Å². The van der Waals surface area contributed by atoms with Crippen molar-refractivity contribution in [2.45, 2.75) is 59.2 Å². The van der Waals surface area contributed by atoms with Gasteiger partial charge in [-0.1, -0.05) is 55.8 Å². The van der Waals surface area contributed by atoms with E-state index in [-0.39, 0.29) is 11.8 Å². The van der Waals surface area contributed by atoms with Gasteiger partial charge in [-0.2, -0.15) is 0 Å². The van der Waals surface area contributed by atoms with Crippen molar-refractivity contribution in [3.63, 3.8) is 0 Å². The zero-order valence-electron chi connectivity index (χ0n) is 20.5. The standard InChI is InChI=1S/C28H39N3O2/c1-21(2)14-19-31(25-15-17-30(18-16-25)28(32)27(29)22(3)4)24-10-12-26(13-11-24)33-20-23-8-6-5-7-9-23/h5-14,22,25,27H,15-20,29H2,1-4H3/t27-/m0/s1. The predicted octanol–water partition coefficient (Wildman–Crippen LogP) is 5.01. The molecule has 3 rings (SSSR count). The normalized spacial score (nSPS) is 15.3. The first-order chi connectivity index (χ1) is 15.8. The number of benzene rings is 2. The molecule has 1 aliphatic heterocycles. The van der Waals surface area contributed by atoms with E-state index in [1.165, 1.54) is 11.3 Å². The number of allylic oxidation sites excluding steroid dienone is 1. The molecule has 0 radical (unpaired) electrons. The van der Waals surface area contributed by atoms with Crippen molar-refractivity contribution in [1.82, 2.24) is 4.90 Å². The van der Waals surface area contributed by atoms with E-state index in [9.17, 15) is 4.79 Å². The number of carbonyl (C=O) groups is 1. The Morgan fingerprint density at radius 2 is 1.73 bits per heavy atom. The average Bonchev–Trinajstić information content (AvgIpc) is 2.83. The minimum Gasteiger partial charge on any atom is -0.489 e. The Morgan fingerprint density at radius 1 is 1.09 bits per heavy atom. The second-order valence-corrected chi connectivity index (χ2v) is 9.53. The molecular formula is C28H39N3O2. The van der Waals surface area contributed by atoms with E-state index >= 15 is 0 Å². The molecule has 0 saturated carbocycles. The smallest absolute Gasteiger partial charge is 0.239 e. The molecule has 1 atom stereocenters. The van der Waals surface area contributed by atoms with Gasteiger partial charge in [-0.3, -0.25) is 4.79 Å². The zero-order valence-corrected chi connectivity index (χ0v) is 20.5. The SMILES string of the molecule is CC(C)=CCN(c1ccc(OCc2ccccc2)cc1)C1CCN(C(=O)[C@@H](N)C(C)C)CC1. The van der Waals surface area contributed by atoms with Crippen molar-refractivity contribution >= 4 is 11.6 Å². The van der Waals surface area contributed by atoms with E-state index in [1.807, 2.05) is 49.1 Å². The highest BCUT2D eigenvalue weighted by atomic mass is 16.5. The molecule has 0 spiro atoms. The van der Waals surface area contributed by atoms with Crippen molar-refractivity contribution < 1.29 is 9.53 Å². The Morgan fingerprint density at radius 3 is 2.30 bits per heavy atom. The van der Waals surface area contributed by atoms with Gasteiger partial charge in [0, 0.05) is 31.4 Å². The van der Waals surface area contributed by atoms with Crippen molar-refractivity contribution in [2.75, 3.05) is 24.5 Å². The summed E-state index contributed by atoms with van der Waals surface area (Å²) in [5.41, 5.74) is 9.76. The molecule has 1 saturated heterocycles. The number of nitrogens with two attached hydrogens (primary N) is 1. The van der Waals surface area contributed by atoms with E-state index < -0.39 is 6.04 Å². The number of piperidine rings is 1. The van der Waals surface area contributed by atoms with Crippen LogP contribution in [0.3, 0.4) is 0 Å². The van der Waals surface area contributed by atoms with Crippen LogP contribution in [0.1, 0.15) is 46.1 Å². The molecule has 0 bridgehead atoms. The molecule has 5 nitrogen and oxygen atoms in total. The van der Waals surface area contributed by atoms with Crippen LogP contribution in [0.2, 0.25) is 0 Å². The second kappa shape index (κ2) is 11.9. The Hall–Kier alpha value is -2.79. The van der Waals surface area contributed by atoms with Crippen LogP contribution in [-0.4, -0.2) is 42.5 Å². The highest BCUT2D eigenvalue weighted by Gasteiger charge is 2.30. The lowest BCUT2D eigenvalue weighted by Crippen LogP contribution is -2.52. The molecule has 178 valence electrons. The molecule has 0 aromatic heterocycles. The summed E-state index contributed by atoms with van der Waals surface area (Å²) in [5, 5.41) is 0. The number of likely N-dealkylation sites (tertiary alicyclic amines) is 1. The van der Waals surface area contributed by atoms with Crippen LogP contribution in [0, 0.1) is 5.92 Å². The first kappa shape index (κ1) is 24.8. The number of amides is 1.